The lowest BCUT2D eigenvalue weighted by molar-refractivity contribution is -0.929. The van der Waals surface area contributed by atoms with Crippen molar-refractivity contribution in [2.75, 3.05) is 32.8 Å². The summed E-state index contributed by atoms with van der Waals surface area (Å²) in [5, 5.41) is 3.05. The molecule has 0 atom stereocenters. The Bertz CT molecular complexity index is 801. The molecule has 1 amide bonds. The number of allylic oxidation sites excluding steroid dienone is 1. The summed E-state index contributed by atoms with van der Waals surface area (Å²) < 4.78 is 6.93. The number of carbonyl (C=O) groups is 1. The summed E-state index contributed by atoms with van der Waals surface area (Å²) in [7, 11) is 0. The summed E-state index contributed by atoms with van der Waals surface area (Å²) in [5.74, 6) is 0. The number of ether oxygens (including phenoxy) is 1. The molecule has 0 fully saturated rings. The maximum absolute atomic E-state index is 12.6. The third kappa shape index (κ3) is 16.4. The third-order valence-corrected chi connectivity index (χ3v) is 8.71. The van der Waals surface area contributed by atoms with Crippen molar-refractivity contribution in [1.82, 2.24) is 5.32 Å². The van der Waals surface area contributed by atoms with Crippen LogP contribution >= 0.6 is 0 Å². The Labute approximate surface area is 255 Å². The first-order chi connectivity index (χ1) is 19.7. The van der Waals surface area contributed by atoms with Gasteiger partial charge in [-0.2, -0.15) is 0 Å². The van der Waals surface area contributed by atoms with Crippen LogP contribution in [0.5, 0.6) is 0 Å². The van der Waals surface area contributed by atoms with Crippen molar-refractivity contribution in [3.05, 3.63) is 42.0 Å². The van der Waals surface area contributed by atoms with E-state index < -0.39 is 5.54 Å². The van der Waals surface area contributed by atoms with Gasteiger partial charge in [-0.3, -0.25) is 0 Å². The van der Waals surface area contributed by atoms with Crippen LogP contribution in [0.15, 0.2) is 30.8 Å². The molecule has 0 aliphatic rings. The standard InChI is InChI=1S/C37H66N2O2/c1-8-11-14-19-27-39(28-20-15-12-9-2,29-21-16-13-10-3)30-22-17-18-23-31-41-36(40)38-37(6,7)35-26-24-25-34(32-35)33(4)5/h24-26,32H,4,8-23,27-31H2,1-3,5-7H3/p+1. The predicted octanol–water partition coefficient (Wildman–Crippen LogP) is 10.8. The van der Waals surface area contributed by atoms with E-state index in [0.29, 0.717) is 6.61 Å². The van der Waals surface area contributed by atoms with Crippen molar-refractivity contribution in [1.29, 1.82) is 0 Å². The molecule has 41 heavy (non-hydrogen) atoms. The average molecular weight is 572 g/mol. The second-order valence-electron chi connectivity index (χ2n) is 13.1. The lowest BCUT2D eigenvalue weighted by Gasteiger charge is -2.39. The first-order valence-electron chi connectivity index (χ1n) is 17.3. The highest BCUT2D eigenvalue weighted by Crippen LogP contribution is 2.24. The smallest absolute Gasteiger partial charge is 0.407 e. The lowest BCUT2D eigenvalue weighted by Crippen LogP contribution is -2.50. The largest absolute Gasteiger partial charge is 0.450 e. The minimum absolute atomic E-state index is 0.336. The number of carbonyl (C=O) groups excluding carboxylic acids is 1. The van der Waals surface area contributed by atoms with Gasteiger partial charge in [0.2, 0.25) is 0 Å². The number of quaternary nitrogens is 1. The van der Waals surface area contributed by atoms with Gasteiger partial charge < -0.3 is 14.5 Å². The van der Waals surface area contributed by atoms with Crippen molar-refractivity contribution in [3.8, 4) is 0 Å². The van der Waals surface area contributed by atoms with E-state index in [1.165, 1.54) is 121 Å². The van der Waals surface area contributed by atoms with Crippen molar-refractivity contribution >= 4 is 11.7 Å². The van der Waals surface area contributed by atoms with Gasteiger partial charge in [0, 0.05) is 0 Å². The van der Waals surface area contributed by atoms with E-state index in [4.69, 9.17) is 4.74 Å². The summed E-state index contributed by atoms with van der Waals surface area (Å²) >= 11 is 0. The van der Waals surface area contributed by atoms with Gasteiger partial charge in [-0.05, 0) is 102 Å². The molecular formula is C37H67N2O2+. The molecule has 1 aromatic carbocycles. The van der Waals surface area contributed by atoms with E-state index in [1.54, 1.807) is 0 Å². The molecule has 1 rings (SSSR count). The van der Waals surface area contributed by atoms with Gasteiger partial charge in [0.05, 0.1) is 38.3 Å². The zero-order chi connectivity index (χ0) is 30.4. The number of hydrogen-bond acceptors (Lipinski definition) is 2. The lowest BCUT2D eigenvalue weighted by atomic mass is 9.92. The Kier molecular flexibility index (Phi) is 19.8. The molecule has 236 valence electrons. The Balaban J connectivity index is 2.52. The van der Waals surface area contributed by atoms with Gasteiger partial charge in [-0.25, -0.2) is 4.79 Å². The molecule has 1 N–H and O–H groups in total. The van der Waals surface area contributed by atoms with Gasteiger partial charge in [0.15, 0.2) is 0 Å². The van der Waals surface area contributed by atoms with Crippen LogP contribution in [-0.4, -0.2) is 43.4 Å². The summed E-state index contributed by atoms with van der Waals surface area (Å²) in [6, 6.07) is 8.21. The molecule has 0 radical (unpaired) electrons. The van der Waals surface area contributed by atoms with Crippen LogP contribution in [0.1, 0.15) is 155 Å². The first-order valence-corrected chi connectivity index (χ1v) is 17.3. The number of nitrogens with one attached hydrogen (secondary N) is 1. The van der Waals surface area contributed by atoms with E-state index in [9.17, 15) is 4.79 Å². The number of rotatable bonds is 25. The number of amides is 1. The van der Waals surface area contributed by atoms with Gasteiger partial charge in [-0.1, -0.05) is 89.6 Å². The van der Waals surface area contributed by atoms with Crippen LogP contribution in [0.2, 0.25) is 0 Å². The summed E-state index contributed by atoms with van der Waals surface area (Å²) in [6.07, 6.45) is 20.6. The van der Waals surface area contributed by atoms with E-state index in [-0.39, 0.29) is 6.09 Å². The highest BCUT2D eigenvalue weighted by atomic mass is 16.5. The van der Waals surface area contributed by atoms with E-state index in [2.05, 4.69) is 44.8 Å². The van der Waals surface area contributed by atoms with Crippen LogP contribution in [0.25, 0.3) is 5.57 Å². The van der Waals surface area contributed by atoms with Crippen LogP contribution in [0, 0.1) is 0 Å². The molecule has 0 saturated carbocycles. The van der Waals surface area contributed by atoms with Crippen LogP contribution in [-0.2, 0) is 10.3 Å². The number of hydrogen-bond donors (Lipinski definition) is 1. The van der Waals surface area contributed by atoms with Crippen molar-refractivity contribution < 1.29 is 14.0 Å². The quantitative estimate of drug-likeness (QED) is 0.0936. The molecular weight excluding hydrogens is 504 g/mol. The highest BCUT2D eigenvalue weighted by molar-refractivity contribution is 5.69. The Morgan fingerprint density at radius 2 is 1.22 bits per heavy atom. The summed E-state index contributed by atoms with van der Waals surface area (Å²) in [6.45, 7) is 22.9. The molecule has 0 aliphatic heterocycles. The van der Waals surface area contributed by atoms with Gasteiger partial charge in [0.1, 0.15) is 0 Å². The minimum atomic E-state index is -0.505. The average Bonchev–Trinajstić information content (AvgIpc) is 2.95. The summed E-state index contributed by atoms with van der Waals surface area (Å²) in [4.78, 5) is 12.6. The maximum Gasteiger partial charge on any atom is 0.407 e. The first kappa shape index (κ1) is 37.2. The van der Waals surface area contributed by atoms with Crippen molar-refractivity contribution in [3.63, 3.8) is 0 Å². The van der Waals surface area contributed by atoms with Crippen molar-refractivity contribution in [2.24, 2.45) is 0 Å². The molecule has 4 nitrogen and oxygen atoms in total. The van der Waals surface area contributed by atoms with Gasteiger partial charge in [0.25, 0.3) is 0 Å². The summed E-state index contributed by atoms with van der Waals surface area (Å²) in [5.41, 5.74) is 2.66. The minimum Gasteiger partial charge on any atom is -0.450 e. The molecule has 1 aromatic rings. The maximum atomic E-state index is 12.6. The van der Waals surface area contributed by atoms with Crippen molar-refractivity contribution in [2.45, 2.75) is 150 Å². The molecule has 0 unspecified atom stereocenters. The fourth-order valence-electron chi connectivity index (χ4n) is 5.90. The zero-order valence-corrected chi connectivity index (χ0v) is 28.1. The van der Waals surface area contributed by atoms with Gasteiger partial charge in [-0.15, -0.1) is 0 Å². The number of nitrogens with zero attached hydrogens (tertiary/aromatic N) is 1. The number of alkyl carbamates (subject to hydrolysis) is 1. The fraction of sp³-hybridized carbons (Fsp3) is 0.757. The number of unbranched alkanes of at least 4 members (excludes halogenated alkanes) is 12. The third-order valence-electron chi connectivity index (χ3n) is 8.71. The highest BCUT2D eigenvalue weighted by Gasteiger charge is 2.26. The molecule has 0 heterocycles. The molecule has 0 bridgehead atoms. The molecule has 0 spiro atoms. The molecule has 0 aliphatic carbocycles. The zero-order valence-electron chi connectivity index (χ0n) is 28.1. The number of benzene rings is 1. The Morgan fingerprint density at radius 1 is 0.756 bits per heavy atom. The second kappa shape index (κ2) is 21.8. The Hall–Kier alpha value is -1.81. The van der Waals surface area contributed by atoms with E-state index in [0.717, 1.165) is 29.5 Å². The monoisotopic (exact) mass is 572 g/mol. The SMILES string of the molecule is C=C(C)c1cccc(C(C)(C)NC(=O)OCCCCCC[N+](CCCCCC)(CCCCCC)CCCCCC)c1. The normalized spacial score (nSPS) is 12.0. The topological polar surface area (TPSA) is 38.3 Å². The van der Waals surface area contributed by atoms with Crippen LogP contribution in [0.4, 0.5) is 4.79 Å². The van der Waals surface area contributed by atoms with Gasteiger partial charge >= 0.3 is 6.09 Å². The van der Waals surface area contributed by atoms with E-state index >= 15 is 0 Å². The van der Waals surface area contributed by atoms with E-state index in [1.807, 2.05) is 32.9 Å². The Morgan fingerprint density at radius 3 is 1.68 bits per heavy atom. The second-order valence-corrected chi connectivity index (χ2v) is 13.1. The molecule has 0 aromatic heterocycles. The van der Waals surface area contributed by atoms with Crippen LogP contribution < -0.4 is 5.32 Å². The molecule has 0 saturated heterocycles. The van der Waals surface area contributed by atoms with Crippen LogP contribution in [0.3, 0.4) is 0 Å². The predicted molar refractivity (Wildman–Crippen MR) is 179 cm³/mol. The fourth-order valence-corrected chi connectivity index (χ4v) is 5.90. The molecule has 4 heteroatoms.